The molecule has 0 aromatic rings. The molecule has 13 nitrogen and oxygen atoms in total. The van der Waals surface area contributed by atoms with Gasteiger partial charge in [-0.2, -0.15) is 0 Å². The van der Waals surface area contributed by atoms with Gasteiger partial charge in [0.25, 0.3) is 0 Å². The van der Waals surface area contributed by atoms with E-state index in [9.17, 15) is 45.6 Å². The molecule has 0 aromatic carbocycles. The first-order valence-electron chi connectivity index (χ1n) is 20.4. The highest BCUT2D eigenvalue weighted by atomic mass is 16.8. The first-order chi connectivity index (χ1) is 25.1. The molecule has 7 aliphatic rings. The Morgan fingerprint density at radius 3 is 2.20 bits per heavy atom. The molecule has 4 saturated carbocycles. The summed E-state index contributed by atoms with van der Waals surface area (Å²) in [7, 11) is 0. The summed E-state index contributed by atoms with van der Waals surface area (Å²) < 4.78 is 24.2. The number of rotatable bonds is 6. The van der Waals surface area contributed by atoms with E-state index in [4.69, 9.17) is 18.9 Å². The zero-order valence-electron chi connectivity index (χ0n) is 33.1. The Bertz CT molecular complexity index is 1470. The molecular weight excluding hydrogens is 700 g/mol. The van der Waals surface area contributed by atoms with Gasteiger partial charge in [0.2, 0.25) is 0 Å². The van der Waals surface area contributed by atoms with Gasteiger partial charge in [0, 0.05) is 5.92 Å². The van der Waals surface area contributed by atoms with Crippen molar-refractivity contribution in [3.63, 3.8) is 0 Å². The molecule has 0 amide bonds. The molecular formula is C41H66O13. The van der Waals surface area contributed by atoms with Gasteiger partial charge in [-0.1, -0.05) is 53.2 Å². The molecule has 2 heterocycles. The zero-order valence-corrected chi connectivity index (χ0v) is 33.1. The predicted octanol–water partition coefficient (Wildman–Crippen LogP) is 2.49. The SMILES string of the molecule is CC1CC[C@]2(C(=O)O)CC[C@]3(C)C(=CCC4[C@@]5(C)CC[C@H](O[C@@H]6OC[C@H](O)[C@H](O)[C@H]6O[C@@H]6O[C@H](CO)[C@@H](O)[C@H](O)[C@H]6O)C(C)(C)C5CC[C@]43C)[C@@H]2[C@]1(C)O. The van der Waals surface area contributed by atoms with Gasteiger partial charge in [0.1, 0.15) is 42.7 Å². The maximum atomic E-state index is 13.1. The van der Waals surface area contributed by atoms with Crippen molar-refractivity contribution >= 4 is 5.97 Å². The summed E-state index contributed by atoms with van der Waals surface area (Å²) >= 11 is 0. The van der Waals surface area contributed by atoms with Crippen molar-refractivity contribution in [3.8, 4) is 0 Å². The van der Waals surface area contributed by atoms with Crippen molar-refractivity contribution in [1.29, 1.82) is 0 Å². The molecule has 19 atom stereocenters. The van der Waals surface area contributed by atoms with E-state index in [0.29, 0.717) is 31.6 Å². The second kappa shape index (κ2) is 13.7. The van der Waals surface area contributed by atoms with Crippen LogP contribution in [-0.4, -0.2) is 127 Å². The minimum absolute atomic E-state index is 0.00666. The lowest BCUT2D eigenvalue weighted by Gasteiger charge is -2.72. The number of aliphatic hydroxyl groups excluding tert-OH is 6. The molecule has 6 fully saturated rings. The monoisotopic (exact) mass is 766 g/mol. The van der Waals surface area contributed by atoms with Crippen molar-refractivity contribution < 1.29 is 64.6 Å². The third-order valence-electron chi connectivity index (χ3n) is 17.3. The Morgan fingerprint density at radius 2 is 1.54 bits per heavy atom. The number of hydrogen-bond acceptors (Lipinski definition) is 12. The van der Waals surface area contributed by atoms with Crippen LogP contribution in [0.4, 0.5) is 0 Å². The first kappa shape index (κ1) is 40.9. The fourth-order valence-corrected chi connectivity index (χ4v) is 13.6. The Balaban J connectivity index is 1.14. The predicted molar refractivity (Wildman–Crippen MR) is 193 cm³/mol. The molecule has 0 spiro atoms. The second-order valence-corrected chi connectivity index (χ2v) is 19.9. The van der Waals surface area contributed by atoms with Gasteiger partial charge in [-0.3, -0.25) is 4.79 Å². The normalized spacial score (nSPS) is 55.7. The smallest absolute Gasteiger partial charge is 0.310 e. The number of ether oxygens (including phenoxy) is 4. The average molecular weight is 767 g/mol. The maximum Gasteiger partial charge on any atom is 0.310 e. The third-order valence-corrected chi connectivity index (χ3v) is 17.3. The van der Waals surface area contributed by atoms with Crippen molar-refractivity contribution in [1.82, 2.24) is 0 Å². The van der Waals surface area contributed by atoms with Gasteiger partial charge in [-0.25, -0.2) is 0 Å². The topological polar surface area (TPSA) is 216 Å². The van der Waals surface area contributed by atoms with Gasteiger partial charge in [-0.15, -0.1) is 0 Å². The summed E-state index contributed by atoms with van der Waals surface area (Å²) in [6.45, 7) is 14.7. The van der Waals surface area contributed by atoms with Crippen LogP contribution in [0, 0.1) is 50.7 Å². The van der Waals surface area contributed by atoms with Crippen LogP contribution in [0.25, 0.3) is 0 Å². The van der Waals surface area contributed by atoms with Gasteiger partial charge < -0.3 is 59.8 Å². The molecule has 2 aliphatic heterocycles. The molecule has 0 aromatic heterocycles. The van der Waals surface area contributed by atoms with Gasteiger partial charge >= 0.3 is 5.97 Å². The number of aliphatic carboxylic acids is 1. The summed E-state index contributed by atoms with van der Waals surface area (Å²) in [6, 6.07) is 0. The van der Waals surface area contributed by atoms with E-state index < -0.39 is 84.8 Å². The van der Waals surface area contributed by atoms with Crippen molar-refractivity contribution in [2.45, 2.75) is 173 Å². The molecule has 7 rings (SSSR count). The summed E-state index contributed by atoms with van der Waals surface area (Å²) in [6.07, 6.45) is -4.14. The lowest BCUT2D eigenvalue weighted by molar-refractivity contribution is -0.367. The molecule has 0 radical (unpaired) electrons. The largest absolute Gasteiger partial charge is 0.481 e. The highest BCUT2D eigenvalue weighted by Crippen LogP contribution is 2.76. The van der Waals surface area contributed by atoms with E-state index in [0.717, 1.165) is 37.7 Å². The van der Waals surface area contributed by atoms with Crippen LogP contribution in [0.5, 0.6) is 0 Å². The van der Waals surface area contributed by atoms with E-state index in [1.807, 2.05) is 6.92 Å². The maximum absolute atomic E-state index is 13.1. The Kier molecular flexibility index (Phi) is 10.4. The van der Waals surface area contributed by atoms with E-state index in [-0.39, 0.29) is 46.2 Å². The quantitative estimate of drug-likeness (QED) is 0.144. The third kappa shape index (κ3) is 5.68. The average Bonchev–Trinajstić information content (AvgIpc) is 3.10. The molecule has 0 bridgehead atoms. The van der Waals surface area contributed by atoms with Crippen molar-refractivity contribution in [2.75, 3.05) is 13.2 Å². The molecule has 5 aliphatic carbocycles. The minimum Gasteiger partial charge on any atom is -0.481 e. The fraction of sp³-hybridized carbons (Fsp3) is 0.927. The number of carboxylic acids is 1. The number of hydrogen-bond donors (Lipinski definition) is 8. The zero-order chi connectivity index (χ0) is 39.6. The van der Waals surface area contributed by atoms with Gasteiger partial charge in [-0.05, 0) is 104 Å². The van der Waals surface area contributed by atoms with Crippen LogP contribution in [0.1, 0.15) is 106 Å². The molecule has 8 N–H and O–H groups in total. The van der Waals surface area contributed by atoms with E-state index in [1.54, 1.807) is 0 Å². The summed E-state index contributed by atoms with van der Waals surface area (Å²) in [5, 5.41) is 85.5. The van der Waals surface area contributed by atoms with Gasteiger partial charge in [0.15, 0.2) is 12.6 Å². The number of aliphatic hydroxyl groups is 7. The standard InChI is InChI=1S/C41H66O13/c1-20-10-15-41(35(48)49)17-16-38(5)21(32(41)40(20,7)50)8-9-25-37(4)13-12-26(36(2,3)24(37)11-14-39(25,38)6)53-34-31(27(44)22(43)19-51-34)54-33-30(47)29(46)28(45)23(18-42)52-33/h8,20,22-34,42-47,50H,9-19H2,1-7H3,(H,48,49)/t20?,22-,23+,24?,25?,26-,27-,28+,29-,30+,31+,32+,33-,34-,37-,38+,39+,40+,41-/m0/s1. The highest BCUT2D eigenvalue weighted by Gasteiger charge is 2.71. The van der Waals surface area contributed by atoms with Crippen LogP contribution >= 0.6 is 0 Å². The van der Waals surface area contributed by atoms with E-state index in [2.05, 4.69) is 47.6 Å². The summed E-state index contributed by atoms with van der Waals surface area (Å²) in [4.78, 5) is 13.1. The molecule has 13 heteroatoms. The van der Waals surface area contributed by atoms with Crippen LogP contribution in [-0.2, 0) is 23.7 Å². The summed E-state index contributed by atoms with van der Waals surface area (Å²) in [5.74, 6) is -0.672. The number of carboxylic acid groups (broad SMARTS) is 1. The van der Waals surface area contributed by atoms with Gasteiger partial charge in [0.05, 0.1) is 30.3 Å². The van der Waals surface area contributed by atoms with Crippen LogP contribution in [0.2, 0.25) is 0 Å². The number of fused-ring (bicyclic) bond motifs is 7. The molecule has 2 saturated heterocycles. The fourth-order valence-electron chi connectivity index (χ4n) is 13.6. The van der Waals surface area contributed by atoms with Crippen LogP contribution < -0.4 is 0 Å². The lowest BCUT2D eigenvalue weighted by Crippen LogP contribution is -2.68. The molecule has 3 unspecified atom stereocenters. The molecule has 308 valence electrons. The van der Waals surface area contributed by atoms with Crippen molar-refractivity contribution in [3.05, 3.63) is 11.6 Å². The Hall–Kier alpha value is -1.23. The molecule has 54 heavy (non-hydrogen) atoms. The number of carbonyl (C=O) groups is 1. The first-order valence-corrected chi connectivity index (χ1v) is 20.4. The van der Waals surface area contributed by atoms with Crippen LogP contribution in [0.3, 0.4) is 0 Å². The van der Waals surface area contributed by atoms with E-state index >= 15 is 0 Å². The minimum atomic E-state index is -1.71. The van der Waals surface area contributed by atoms with Crippen molar-refractivity contribution in [2.24, 2.45) is 50.7 Å². The highest BCUT2D eigenvalue weighted by molar-refractivity contribution is 5.77. The Labute approximate surface area is 319 Å². The van der Waals surface area contributed by atoms with E-state index in [1.165, 1.54) is 0 Å². The van der Waals surface area contributed by atoms with Crippen LogP contribution in [0.15, 0.2) is 11.6 Å². The second-order valence-electron chi connectivity index (χ2n) is 19.9. The summed E-state index contributed by atoms with van der Waals surface area (Å²) in [5.41, 5.74) is -1.77. The lowest BCUT2D eigenvalue weighted by atomic mass is 9.33. The number of allylic oxidation sites excluding steroid dienone is 1. The Morgan fingerprint density at radius 1 is 0.833 bits per heavy atom.